The number of hydrogen-bond donors (Lipinski definition) is 0. The van der Waals surface area contributed by atoms with Crippen molar-refractivity contribution in [2.75, 3.05) is 24.5 Å². The van der Waals surface area contributed by atoms with E-state index in [0.717, 1.165) is 31.2 Å². The molecule has 0 bridgehead atoms. The molecule has 7 heteroatoms. The Bertz CT molecular complexity index is 1040. The van der Waals surface area contributed by atoms with Crippen LogP contribution in [-0.2, 0) is 11.2 Å². The number of thiazole rings is 1. The summed E-state index contributed by atoms with van der Waals surface area (Å²) in [6.45, 7) is 2.04. The molecular weight excluding hydrogens is 387 g/mol. The molecule has 2 atom stereocenters. The molecule has 2 aliphatic rings. The average molecular weight is 411 g/mol. The first-order valence-electron chi connectivity index (χ1n) is 10.2. The molecule has 0 unspecified atom stereocenters. The lowest BCUT2D eigenvalue weighted by Gasteiger charge is -2.38. The summed E-state index contributed by atoms with van der Waals surface area (Å²) in [5.74, 6) is 0.0721. The average Bonchev–Trinajstić information content (AvgIpc) is 3.33. The Morgan fingerprint density at radius 3 is 3.07 bits per heavy atom. The quantitative estimate of drug-likeness (QED) is 0.640. The van der Waals surface area contributed by atoms with Crippen LogP contribution >= 0.6 is 11.3 Å². The van der Waals surface area contributed by atoms with Gasteiger partial charge in [-0.15, -0.1) is 11.3 Å². The van der Waals surface area contributed by atoms with Crippen LogP contribution in [0.1, 0.15) is 24.8 Å². The summed E-state index contributed by atoms with van der Waals surface area (Å²) >= 11 is 1.69. The predicted molar refractivity (Wildman–Crippen MR) is 113 cm³/mol. The van der Waals surface area contributed by atoms with Gasteiger partial charge >= 0.3 is 0 Å². The molecule has 1 aromatic carbocycles. The number of anilines is 1. The number of aromatic nitrogens is 2. The summed E-state index contributed by atoms with van der Waals surface area (Å²) in [5, 5.41) is 0. The van der Waals surface area contributed by atoms with Gasteiger partial charge in [0.1, 0.15) is 0 Å². The van der Waals surface area contributed by atoms with Crippen molar-refractivity contribution in [2.24, 2.45) is 5.92 Å². The molecule has 3 aromatic rings. The third-order valence-electron chi connectivity index (χ3n) is 6.20. The van der Waals surface area contributed by atoms with E-state index in [1.807, 2.05) is 16.5 Å². The van der Waals surface area contributed by atoms with Crippen molar-refractivity contribution in [3.05, 3.63) is 53.6 Å². The Hall–Kier alpha value is -2.54. The molecule has 2 saturated heterocycles. The summed E-state index contributed by atoms with van der Waals surface area (Å²) in [6, 6.07) is 8.18. The lowest BCUT2D eigenvalue weighted by Crippen LogP contribution is -2.51. The van der Waals surface area contributed by atoms with Gasteiger partial charge in [-0.25, -0.2) is 9.37 Å². The molecule has 2 aromatic heterocycles. The van der Waals surface area contributed by atoms with Crippen molar-refractivity contribution in [2.45, 2.75) is 31.7 Å². The summed E-state index contributed by atoms with van der Waals surface area (Å²) in [7, 11) is 0. The fraction of sp³-hybridized carbons (Fsp3) is 0.409. The number of carbonyl (C=O) groups excluding carboxylic acids is 1. The van der Waals surface area contributed by atoms with E-state index in [1.165, 1.54) is 16.5 Å². The molecule has 0 saturated carbocycles. The number of nitrogens with zero attached hydrogens (tertiary/aromatic N) is 4. The van der Waals surface area contributed by atoms with E-state index in [9.17, 15) is 9.18 Å². The first-order valence-corrected chi connectivity index (χ1v) is 11.0. The smallest absolute Gasteiger partial charge is 0.226 e. The number of benzene rings is 1. The van der Waals surface area contributed by atoms with Gasteiger partial charge in [0.2, 0.25) is 5.91 Å². The number of hydrogen-bond acceptors (Lipinski definition) is 5. The van der Waals surface area contributed by atoms with Gasteiger partial charge in [-0.2, -0.15) is 0 Å². The van der Waals surface area contributed by atoms with Gasteiger partial charge in [-0.3, -0.25) is 9.78 Å². The lowest BCUT2D eigenvalue weighted by molar-refractivity contribution is -0.132. The highest BCUT2D eigenvalue weighted by molar-refractivity contribution is 7.16. The normalized spacial score (nSPS) is 21.8. The molecule has 1 amide bonds. The van der Waals surface area contributed by atoms with Crippen LogP contribution in [0.3, 0.4) is 0 Å². The van der Waals surface area contributed by atoms with Crippen molar-refractivity contribution < 1.29 is 9.18 Å². The second-order valence-corrected chi connectivity index (χ2v) is 8.76. The number of rotatable bonds is 5. The van der Waals surface area contributed by atoms with E-state index in [-0.39, 0.29) is 23.7 Å². The van der Waals surface area contributed by atoms with Gasteiger partial charge in [0.15, 0.2) is 5.82 Å². The summed E-state index contributed by atoms with van der Waals surface area (Å²) < 4.78 is 15.4. The number of pyridine rings is 1. The van der Waals surface area contributed by atoms with Gasteiger partial charge in [0, 0.05) is 31.7 Å². The van der Waals surface area contributed by atoms with Crippen LogP contribution in [0.2, 0.25) is 0 Å². The zero-order valence-corrected chi connectivity index (χ0v) is 16.9. The van der Waals surface area contributed by atoms with Crippen LogP contribution in [0.5, 0.6) is 0 Å². The maximum absolute atomic E-state index is 14.1. The molecule has 0 radical (unpaired) electrons. The van der Waals surface area contributed by atoms with Gasteiger partial charge in [0.25, 0.3) is 0 Å². The van der Waals surface area contributed by atoms with E-state index >= 15 is 0 Å². The third-order valence-corrected chi connectivity index (χ3v) is 7.12. The number of fused-ring (bicyclic) bond motifs is 2. The predicted octanol–water partition coefficient (Wildman–Crippen LogP) is 3.89. The van der Waals surface area contributed by atoms with E-state index in [4.69, 9.17) is 0 Å². The second-order valence-electron chi connectivity index (χ2n) is 7.90. The van der Waals surface area contributed by atoms with Crippen molar-refractivity contribution in [3.63, 3.8) is 0 Å². The van der Waals surface area contributed by atoms with E-state index in [2.05, 4.69) is 27.0 Å². The van der Waals surface area contributed by atoms with Gasteiger partial charge in [-0.05, 0) is 43.4 Å². The van der Waals surface area contributed by atoms with Crippen LogP contribution in [0, 0.1) is 11.7 Å². The van der Waals surface area contributed by atoms with Crippen molar-refractivity contribution in [1.82, 2.24) is 14.9 Å². The minimum absolute atomic E-state index is 0.0860. The first-order chi connectivity index (χ1) is 14.2. The molecule has 5 rings (SSSR count). The number of aryl methyl sites for hydroxylation is 1. The molecule has 0 spiro atoms. The molecule has 29 heavy (non-hydrogen) atoms. The summed E-state index contributed by atoms with van der Waals surface area (Å²) in [4.78, 5) is 25.2. The molecule has 0 aliphatic carbocycles. The SMILES string of the molecule is O=C1[C@@H](CCCc2cccc3ncsc23)C[C@@H]2CN(c3ccncc3F)CCN12. The van der Waals surface area contributed by atoms with E-state index < -0.39 is 0 Å². The molecule has 2 fully saturated rings. The van der Waals surface area contributed by atoms with E-state index in [1.54, 1.807) is 23.6 Å². The number of amides is 1. The minimum Gasteiger partial charge on any atom is -0.365 e. The summed E-state index contributed by atoms with van der Waals surface area (Å²) in [5.41, 5.74) is 4.87. The lowest BCUT2D eigenvalue weighted by atomic mass is 9.96. The van der Waals surface area contributed by atoms with E-state index in [0.29, 0.717) is 25.3 Å². The zero-order chi connectivity index (χ0) is 19.8. The highest BCUT2D eigenvalue weighted by Gasteiger charge is 2.42. The zero-order valence-electron chi connectivity index (χ0n) is 16.1. The Kier molecular flexibility index (Phi) is 4.91. The maximum Gasteiger partial charge on any atom is 0.226 e. The molecule has 0 N–H and O–H groups in total. The molecule has 2 aliphatic heterocycles. The highest BCUT2D eigenvalue weighted by atomic mass is 32.1. The van der Waals surface area contributed by atoms with Gasteiger partial charge < -0.3 is 9.80 Å². The fourth-order valence-corrected chi connectivity index (χ4v) is 5.61. The van der Waals surface area contributed by atoms with Crippen molar-refractivity contribution in [1.29, 1.82) is 0 Å². The monoisotopic (exact) mass is 410 g/mol. The van der Waals surface area contributed by atoms with Crippen molar-refractivity contribution >= 4 is 33.1 Å². The summed E-state index contributed by atoms with van der Waals surface area (Å²) in [6.07, 6.45) is 6.63. The number of carbonyl (C=O) groups is 1. The molecule has 150 valence electrons. The van der Waals surface area contributed by atoms with Crippen LogP contribution in [-0.4, -0.2) is 46.5 Å². The van der Waals surface area contributed by atoms with Crippen LogP contribution < -0.4 is 4.90 Å². The molecular formula is C22H23FN4OS. The van der Waals surface area contributed by atoms with Crippen molar-refractivity contribution in [3.8, 4) is 0 Å². The Balaban J connectivity index is 1.21. The standard InChI is InChI=1S/C22H23FN4OS/c23-18-12-24-8-7-20(18)26-9-10-27-17(13-26)11-16(22(27)28)5-1-3-15-4-2-6-19-21(15)29-14-25-19/h2,4,6-8,12,14,16-17H,1,3,5,9-11,13H2/t16-,17+/m0/s1. The first kappa shape index (κ1) is 18.5. The highest BCUT2D eigenvalue weighted by Crippen LogP contribution is 2.33. The van der Waals surface area contributed by atoms with Gasteiger partial charge in [-0.1, -0.05) is 12.1 Å². The van der Waals surface area contributed by atoms with Crippen LogP contribution in [0.4, 0.5) is 10.1 Å². The number of piperazine rings is 1. The fourth-order valence-electron chi connectivity index (χ4n) is 4.78. The molecule has 4 heterocycles. The van der Waals surface area contributed by atoms with Crippen LogP contribution in [0.15, 0.2) is 42.2 Å². The van der Waals surface area contributed by atoms with Gasteiger partial charge in [0.05, 0.1) is 33.7 Å². The Labute approximate surface area is 173 Å². The number of halogens is 1. The second kappa shape index (κ2) is 7.71. The van der Waals surface area contributed by atoms with Crippen LogP contribution in [0.25, 0.3) is 10.2 Å². The maximum atomic E-state index is 14.1. The largest absolute Gasteiger partial charge is 0.365 e. The Morgan fingerprint density at radius 2 is 2.17 bits per heavy atom. The third kappa shape index (κ3) is 3.48. The minimum atomic E-state index is -0.293. The molecule has 5 nitrogen and oxygen atoms in total. The topological polar surface area (TPSA) is 49.3 Å². The Morgan fingerprint density at radius 1 is 1.24 bits per heavy atom.